The highest BCUT2D eigenvalue weighted by atomic mass is 16.5. The minimum atomic E-state index is -1.09. The van der Waals surface area contributed by atoms with Crippen LogP contribution >= 0.6 is 0 Å². The Hall–Kier alpha value is -0.610. The van der Waals surface area contributed by atoms with E-state index in [0.717, 1.165) is 19.4 Å². The minimum Gasteiger partial charge on any atom is -0.478 e. The molecule has 1 rings (SSSR count). The van der Waals surface area contributed by atoms with Gasteiger partial charge in [0.15, 0.2) is 0 Å². The SMILES string of the molecule is CCCO[C@]1(C(=O)O)CCCN1. The first-order chi connectivity index (χ1) is 5.71. The summed E-state index contributed by atoms with van der Waals surface area (Å²) in [7, 11) is 0. The van der Waals surface area contributed by atoms with Gasteiger partial charge < -0.3 is 9.84 Å². The molecule has 0 radical (unpaired) electrons. The number of rotatable bonds is 4. The predicted octanol–water partition coefficient (Wildman–Crippen LogP) is 0.577. The van der Waals surface area contributed by atoms with Gasteiger partial charge in [0, 0.05) is 13.0 Å². The smallest absolute Gasteiger partial charge is 0.351 e. The van der Waals surface area contributed by atoms with Gasteiger partial charge in [0.1, 0.15) is 0 Å². The highest BCUT2D eigenvalue weighted by molar-refractivity contribution is 5.77. The molecule has 0 amide bonds. The summed E-state index contributed by atoms with van der Waals surface area (Å²) in [5.41, 5.74) is -1.09. The van der Waals surface area contributed by atoms with Gasteiger partial charge in [0.2, 0.25) is 5.72 Å². The molecule has 1 heterocycles. The fourth-order valence-corrected chi connectivity index (χ4v) is 1.36. The molecule has 0 aromatic rings. The number of hydrogen-bond donors (Lipinski definition) is 2. The first kappa shape index (κ1) is 9.48. The highest BCUT2D eigenvalue weighted by Crippen LogP contribution is 2.21. The molecule has 0 bridgehead atoms. The Morgan fingerprint density at radius 3 is 2.92 bits per heavy atom. The Balaban J connectivity index is 2.53. The van der Waals surface area contributed by atoms with Crippen LogP contribution in [0.25, 0.3) is 0 Å². The summed E-state index contributed by atoms with van der Waals surface area (Å²) in [4.78, 5) is 10.8. The molecular weight excluding hydrogens is 158 g/mol. The van der Waals surface area contributed by atoms with E-state index in [1.165, 1.54) is 0 Å². The Kier molecular flexibility index (Phi) is 3.05. The van der Waals surface area contributed by atoms with E-state index in [4.69, 9.17) is 9.84 Å². The van der Waals surface area contributed by atoms with Gasteiger partial charge >= 0.3 is 5.97 Å². The van der Waals surface area contributed by atoms with Crippen LogP contribution in [0.15, 0.2) is 0 Å². The van der Waals surface area contributed by atoms with Crippen LogP contribution in [0.1, 0.15) is 26.2 Å². The third kappa shape index (κ3) is 1.76. The number of carboxylic acids is 1. The maximum Gasteiger partial charge on any atom is 0.351 e. The lowest BCUT2D eigenvalue weighted by molar-refractivity contribution is -0.168. The van der Waals surface area contributed by atoms with Crippen molar-refractivity contribution in [3.63, 3.8) is 0 Å². The van der Waals surface area contributed by atoms with Crippen LogP contribution in [-0.2, 0) is 9.53 Å². The highest BCUT2D eigenvalue weighted by Gasteiger charge is 2.42. The zero-order valence-electron chi connectivity index (χ0n) is 7.30. The van der Waals surface area contributed by atoms with Gasteiger partial charge in [-0.25, -0.2) is 4.79 Å². The van der Waals surface area contributed by atoms with Crippen molar-refractivity contribution < 1.29 is 14.6 Å². The van der Waals surface area contributed by atoms with Crippen LogP contribution in [0.2, 0.25) is 0 Å². The molecule has 1 fully saturated rings. The molecular formula is C8H15NO3. The van der Waals surface area contributed by atoms with Crippen LogP contribution in [0.4, 0.5) is 0 Å². The average molecular weight is 173 g/mol. The van der Waals surface area contributed by atoms with Gasteiger partial charge in [0.05, 0.1) is 0 Å². The van der Waals surface area contributed by atoms with E-state index < -0.39 is 11.7 Å². The molecule has 2 N–H and O–H groups in total. The van der Waals surface area contributed by atoms with E-state index in [2.05, 4.69) is 5.32 Å². The molecule has 0 aromatic carbocycles. The lowest BCUT2D eigenvalue weighted by Crippen LogP contribution is -2.50. The van der Waals surface area contributed by atoms with Crippen molar-refractivity contribution in [2.24, 2.45) is 0 Å². The van der Waals surface area contributed by atoms with Crippen molar-refractivity contribution in [1.29, 1.82) is 0 Å². The maximum absolute atomic E-state index is 10.8. The second-order valence-corrected chi connectivity index (χ2v) is 3.01. The summed E-state index contributed by atoms with van der Waals surface area (Å²) in [5.74, 6) is -0.895. The fourth-order valence-electron chi connectivity index (χ4n) is 1.36. The van der Waals surface area contributed by atoms with Crippen molar-refractivity contribution in [3.8, 4) is 0 Å². The van der Waals surface area contributed by atoms with Gasteiger partial charge in [-0.15, -0.1) is 0 Å². The third-order valence-corrected chi connectivity index (χ3v) is 2.01. The van der Waals surface area contributed by atoms with E-state index in [0.29, 0.717) is 13.0 Å². The molecule has 0 aromatic heterocycles. The number of carbonyl (C=O) groups is 1. The molecule has 4 heteroatoms. The zero-order chi connectivity index (χ0) is 9.03. The summed E-state index contributed by atoms with van der Waals surface area (Å²) in [6, 6.07) is 0. The van der Waals surface area contributed by atoms with Crippen LogP contribution in [0, 0.1) is 0 Å². The molecule has 0 saturated carbocycles. The molecule has 1 atom stereocenters. The average Bonchev–Trinajstić information content (AvgIpc) is 2.50. The normalized spacial score (nSPS) is 29.1. The van der Waals surface area contributed by atoms with Crippen molar-refractivity contribution >= 4 is 5.97 Å². The minimum absolute atomic E-state index is 0.499. The summed E-state index contributed by atoms with van der Waals surface area (Å²) >= 11 is 0. The Morgan fingerprint density at radius 1 is 1.75 bits per heavy atom. The Labute approximate surface area is 71.9 Å². The van der Waals surface area contributed by atoms with E-state index in [-0.39, 0.29) is 0 Å². The van der Waals surface area contributed by atoms with Crippen LogP contribution in [0.5, 0.6) is 0 Å². The van der Waals surface area contributed by atoms with Crippen LogP contribution < -0.4 is 5.32 Å². The molecule has 1 aliphatic rings. The molecule has 0 aliphatic carbocycles. The van der Waals surface area contributed by atoms with Crippen LogP contribution in [0.3, 0.4) is 0 Å². The largest absolute Gasteiger partial charge is 0.478 e. The first-order valence-electron chi connectivity index (χ1n) is 4.33. The third-order valence-electron chi connectivity index (χ3n) is 2.01. The Morgan fingerprint density at radius 2 is 2.50 bits per heavy atom. The van der Waals surface area contributed by atoms with Gasteiger partial charge in [-0.1, -0.05) is 6.92 Å². The molecule has 4 nitrogen and oxygen atoms in total. The monoisotopic (exact) mass is 173 g/mol. The number of hydrogen-bond acceptors (Lipinski definition) is 3. The number of ether oxygens (including phenoxy) is 1. The Bertz CT molecular complexity index is 164. The standard InChI is InChI=1S/C8H15NO3/c1-2-6-12-8(7(10)11)4-3-5-9-8/h9H,2-6H2,1H3,(H,10,11)/t8-/m0/s1. The van der Waals surface area contributed by atoms with Crippen molar-refractivity contribution in [3.05, 3.63) is 0 Å². The van der Waals surface area contributed by atoms with Crippen molar-refractivity contribution in [2.45, 2.75) is 31.9 Å². The quantitative estimate of drug-likeness (QED) is 0.652. The van der Waals surface area contributed by atoms with Gasteiger partial charge in [-0.2, -0.15) is 0 Å². The second kappa shape index (κ2) is 3.87. The van der Waals surface area contributed by atoms with E-state index in [9.17, 15) is 4.79 Å². The maximum atomic E-state index is 10.8. The van der Waals surface area contributed by atoms with Crippen molar-refractivity contribution in [1.82, 2.24) is 5.32 Å². The second-order valence-electron chi connectivity index (χ2n) is 3.01. The lowest BCUT2D eigenvalue weighted by Gasteiger charge is -2.24. The molecule has 0 spiro atoms. The summed E-state index contributed by atoms with van der Waals surface area (Å²) in [5, 5.41) is 11.8. The number of nitrogens with one attached hydrogen (secondary N) is 1. The van der Waals surface area contributed by atoms with E-state index in [1.54, 1.807) is 0 Å². The summed E-state index contributed by atoms with van der Waals surface area (Å²) in [6.45, 7) is 3.19. The molecule has 12 heavy (non-hydrogen) atoms. The van der Waals surface area contributed by atoms with Crippen molar-refractivity contribution in [2.75, 3.05) is 13.2 Å². The molecule has 1 aliphatic heterocycles. The predicted molar refractivity (Wildman–Crippen MR) is 43.8 cm³/mol. The number of aliphatic carboxylic acids is 1. The summed E-state index contributed by atoms with van der Waals surface area (Å²) < 4.78 is 5.29. The van der Waals surface area contributed by atoms with Gasteiger partial charge in [-0.05, 0) is 19.4 Å². The van der Waals surface area contributed by atoms with Gasteiger partial charge in [0.25, 0.3) is 0 Å². The lowest BCUT2D eigenvalue weighted by atomic mass is 10.1. The molecule has 1 saturated heterocycles. The van der Waals surface area contributed by atoms with Gasteiger partial charge in [-0.3, -0.25) is 5.32 Å². The number of carboxylic acid groups (broad SMARTS) is 1. The molecule has 0 unspecified atom stereocenters. The van der Waals surface area contributed by atoms with E-state index in [1.807, 2.05) is 6.92 Å². The zero-order valence-corrected chi connectivity index (χ0v) is 7.30. The molecule has 70 valence electrons. The van der Waals surface area contributed by atoms with Crippen LogP contribution in [-0.4, -0.2) is 30.0 Å². The van der Waals surface area contributed by atoms with E-state index >= 15 is 0 Å². The summed E-state index contributed by atoms with van der Waals surface area (Å²) in [6.07, 6.45) is 2.29. The first-order valence-corrected chi connectivity index (χ1v) is 4.33. The fraction of sp³-hybridized carbons (Fsp3) is 0.875. The topological polar surface area (TPSA) is 58.6 Å².